The number of halogens is 1. The third kappa shape index (κ3) is 3.56. The van der Waals surface area contributed by atoms with Gasteiger partial charge in [0.25, 0.3) is 0 Å². The SMILES string of the molecule is COc1ccc(Cl)c(NC2CCC(C)(C)CC2C)c1. The molecule has 0 saturated heterocycles. The minimum absolute atomic E-state index is 0.468. The Labute approximate surface area is 121 Å². The molecule has 2 nitrogen and oxygen atoms in total. The molecule has 1 saturated carbocycles. The molecule has 0 aliphatic heterocycles. The van der Waals surface area contributed by atoms with E-state index in [1.807, 2.05) is 18.2 Å². The van der Waals surface area contributed by atoms with Gasteiger partial charge in [0, 0.05) is 12.1 Å². The predicted octanol–water partition coefficient (Wildman–Crippen LogP) is 4.98. The summed E-state index contributed by atoms with van der Waals surface area (Å²) in [7, 11) is 1.68. The van der Waals surface area contributed by atoms with Crippen molar-refractivity contribution in [3.63, 3.8) is 0 Å². The van der Waals surface area contributed by atoms with Crippen molar-refractivity contribution in [3.8, 4) is 5.75 Å². The van der Waals surface area contributed by atoms with Crippen LogP contribution in [0.15, 0.2) is 18.2 Å². The van der Waals surface area contributed by atoms with Crippen LogP contribution < -0.4 is 10.1 Å². The Morgan fingerprint density at radius 1 is 1.37 bits per heavy atom. The van der Waals surface area contributed by atoms with Gasteiger partial charge in [-0.1, -0.05) is 32.4 Å². The van der Waals surface area contributed by atoms with Crippen LogP contribution in [0.25, 0.3) is 0 Å². The van der Waals surface area contributed by atoms with Crippen LogP contribution >= 0.6 is 11.6 Å². The van der Waals surface area contributed by atoms with E-state index in [4.69, 9.17) is 16.3 Å². The number of rotatable bonds is 3. The van der Waals surface area contributed by atoms with Gasteiger partial charge in [0.05, 0.1) is 17.8 Å². The second kappa shape index (κ2) is 5.62. The van der Waals surface area contributed by atoms with Crippen molar-refractivity contribution in [1.82, 2.24) is 0 Å². The Balaban J connectivity index is 2.09. The van der Waals surface area contributed by atoms with Crippen molar-refractivity contribution in [2.75, 3.05) is 12.4 Å². The lowest BCUT2D eigenvalue weighted by Gasteiger charge is -2.40. The Bertz CT molecular complexity index is 444. The molecule has 1 aliphatic carbocycles. The summed E-state index contributed by atoms with van der Waals surface area (Å²) in [6.45, 7) is 7.04. The maximum atomic E-state index is 6.26. The molecule has 2 atom stereocenters. The van der Waals surface area contributed by atoms with Gasteiger partial charge in [-0.25, -0.2) is 0 Å². The molecule has 2 rings (SSSR count). The minimum Gasteiger partial charge on any atom is -0.497 e. The summed E-state index contributed by atoms with van der Waals surface area (Å²) in [5.74, 6) is 1.50. The van der Waals surface area contributed by atoms with Crippen LogP contribution in [-0.4, -0.2) is 13.2 Å². The van der Waals surface area contributed by atoms with Crippen molar-refractivity contribution in [2.24, 2.45) is 11.3 Å². The van der Waals surface area contributed by atoms with Gasteiger partial charge in [-0.2, -0.15) is 0 Å². The molecular weight excluding hydrogens is 258 g/mol. The number of hydrogen-bond donors (Lipinski definition) is 1. The van der Waals surface area contributed by atoms with Crippen LogP contribution in [0.1, 0.15) is 40.0 Å². The first-order chi connectivity index (χ1) is 8.91. The van der Waals surface area contributed by atoms with Crippen molar-refractivity contribution in [2.45, 2.75) is 46.1 Å². The lowest BCUT2D eigenvalue weighted by molar-refractivity contribution is 0.177. The van der Waals surface area contributed by atoms with Crippen molar-refractivity contribution in [1.29, 1.82) is 0 Å². The van der Waals surface area contributed by atoms with Crippen LogP contribution in [0.2, 0.25) is 5.02 Å². The average Bonchev–Trinajstić information content (AvgIpc) is 2.34. The van der Waals surface area contributed by atoms with Crippen LogP contribution in [-0.2, 0) is 0 Å². The molecule has 0 amide bonds. The lowest BCUT2D eigenvalue weighted by atomic mass is 9.70. The van der Waals surface area contributed by atoms with Gasteiger partial charge < -0.3 is 10.1 Å². The van der Waals surface area contributed by atoms with E-state index < -0.39 is 0 Å². The highest BCUT2D eigenvalue weighted by Crippen LogP contribution is 2.40. The summed E-state index contributed by atoms with van der Waals surface area (Å²) in [6, 6.07) is 6.26. The van der Waals surface area contributed by atoms with E-state index >= 15 is 0 Å². The average molecular weight is 282 g/mol. The highest BCUT2D eigenvalue weighted by molar-refractivity contribution is 6.33. The number of nitrogens with one attached hydrogen (secondary N) is 1. The van der Waals surface area contributed by atoms with E-state index in [2.05, 4.69) is 26.1 Å². The van der Waals surface area contributed by atoms with Crippen molar-refractivity contribution in [3.05, 3.63) is 23.2 Å². The van der Waals surface area contributed by atoms with E-state index in [1.54, 1.807) is 7.11 Å². The molecule has 1 N–H and O–H groups in total. The molecule has 2 unspecified atom stereocenters. The van der Waals surface area contributed by atoms with Gasteiger partial charge in [-0.3, -0.25) is 0 Å². The van der Waals surface area contributed by atoms with Gasteiger partial charge in [0.2, 0.25) is 0 Å². The first-order valence-electron chi connectivity index (χ1n) is 7.01. The van der Waals surface area contributed by atoms with Crippen LogP contribution in [0.5, 0.6) is 5.75 Å². The van der Waals surface area contributed by atoms with Gasteiger partial charge in [0.1, 0.15) is 5.75 Å². The Hall–Kier alpha value is -0.890. The third-order valence-corrected chi connectivity index (χ3v) is 4.54. The Kier molecular flexibility index (Phi) is 4.29. The lowest BCUT2D eigenvalue weighted by Crippen LogP contribution is -2.36. The van der Waals surface area contributed by atoms with E-state index in [1.165, 1.54) is 19.3 Å². The van der Waals surface area contributed by atoms with E-state index in [-0.39, 0.29) is 0 Å². The number of ether oxygens (including phenoxy) is 1. The summed E-state index contributed by atoms with van der Waals surface area (Å²) in [5.41, 5.74) is 1.45. The quantitative estimate of drug-likeness (QED) is 0.844. The molecule has 0 radical (unpaired) electrons. The topological polar surface area (TPSA) is 21.3 Å². The summed E-state index contributed by atoms with van der Waals surface area (Å²) in [6.07, 6.45) is 3.71. The smallest absolute Gasteiger partial charge is 0.121 e. The predicted molar refractivity (Wildman–Crippen MR) is 82.2 cm³/mol. The Morgan fingerprint density at radius 2 is 2.11 bits per heavy atom. The molecule has 1 aliphatic rings. The van der Waals surface area contributed by atoms with Crippen LogP contribution in [0.3, 0.4) is 0 Å². The van der Waals surface area contributed by atoms with E-state index in [0.29, 0.717) is 17.4 Å². The fraction of sp³-hybridized carbons (Fsp3) is 0.625. The zero-order chi connectivity index (χ0) is 14.0. The second-order valence-electron chi connectivity index (χ2n) is 6.48. The maximum absolute atomic E-state index is 6.26. The molecule has 0 heterocycles. The number of methoxy groups -OCH3 is 1. The number of hydrogen-bond acceptors (Lipinski definition) is 2. The molecule has 106 valence electrons. The first-order valence-corrected chi connectivity index (χ1v) is 7.39. The van der Waals surface area contributed by atoms with Crippen LogP contribution in [0.4, 0.5) is 5.69 Å². The zero-order valence-electron chi connectivity index (χ0n) is 12.3. The summed E-state index contributed by atoms with van der Waals surface area (Å²) >= 11 is 6.26. The fourth-order valence-corrected chi connectivity index (χ4v) is 3.27. The third-order valence-electron chi connectivity index (χ3n) is 4.21. The molecule has 19 heavy (non-hydrogen) atoms. The van der Waals surface area contributed by atoms with E-state index in [0.717, 1.165) is 16.5 Å². The van der Waals surface area contributed by atoms with Gasteiger partial charge in [-0.05, 0) is 42.7 Å². The first kappa shape index (κ1) is 14.5. The number of benzene rings is 1. The second-order valence-corrected chi connectivity index (χ2v) is 6.89. The van der Waals surface area contributed by atoms with Gasteiger partial charge in [-0.15, -0.1) is 0 Å². The molecule has 1 aromatic carbocycles. The molecule has 0 spiro atoms. The highest BCUT2D eigenvalue weighted by Gasteiger charge is 2.32. The fourth-order valence-electron chi connectivity index (χ4n) is 3.10. The maximum Gasteiger partial charge on any atom is 0.121 e. The number of anilines is 1. The highest BCUT2D eigenvalue weighted by atomic mass is 35.5. The minimum atomic E-state index is 0.468. The molecule has 0 aromatic heterocycles. The van der Waals surface area contributed by atoms with Crippen LogP contribution in [0, 0.1) is 11.3 Å². The van der Waals surface area contributed by atoms with E-state index in [9.17, 15) is 0 Å². The monoisotopic (exact) mass is 281 g/mol. The largest absolute Gasteiger partial charge is 0.497 e. The Morgan fingerprint density at radius 3 is 2.74 bits per heavy atom. The molecular formula is C16H24ClNO. The summed E-state index contributed by atoms with van der Waals surface area (Å²) < 4.78 is 5.26. The zero-order valence-corrected chi connectivity index (χ0v) is 13.1. The summed E-state index contributed by atoms with van der Waals surface area (Å²) in [5, 5.41) is 4.36. The molecule has 1 fully saturated rings. The summed E-state index contributed by atoms with van der Waals surface area (Å²) in [4.78, 5) is 0. The molecule has 3 heteroatoms. The normalized spacial score (nSPS) is 25.9. The van der Waals surface area contributed by atoms with Gasteiger partial charge in [0.15, 0.2) is 0 Å². The van der Waals surface area contributed by atoms with Gasteiger partial charge >= 0.3 is 0 Å². The standard InChI is InChI=1S/C16H24ClNO/c1-11-10-16(2,3)8-7-14(11)18-15-9-12(19-4)5-6-13(15)17/h5-6,9,11,14,18H,7-8,10H2,1-4H3. The molecule has 1 aromatic rings. The van der Waals surface area contributed by atoms with Crippen molar-refractivity contribution >= 4 is 17.3 Å². The van der Waals surface area contributed by atoms with Crippen molar-refractivity contribution < 1.29 is 4.74 Å². The molecule has 0 bridgehead atoms.